The lowest BCUT2D eigenvalue weighted by molar-refractivity contribution is 0.293. The average Bonchev–Trinajstić information content (AvgIpc) is 2.86. The summed E-state index contributed by atoms with van der Waals surface area (Å²) in [7, 11) is 0. The highest BCUT2D eigenvalue weighted by molar-refractivity contribution is 5.79. The molecule has 6 nitrogen and oxygen atoms in total. The number of pyridine rings is 1. The summed E-state index contributed by atoms with van der Waals surface area (Å²) < 4.78 is 17.2. The van der Waals surface area contributed by atoms with Gasteiger partial charge in [-0.3, -0.25) is 4.79 Å². The Morgan fingerprint density at radius 3 is 2.61 bits per heavy atom. The number of benzene rings is 3. The predicted molar refractivity (Wildman–Crippen MR) is 124 cm³/mol. The molecule has 2 aromatic heterocycles. The average molecular weight is 434 g/mol. The molecule has 0 saturated carbocycles. The molecule has 0 unspecified atom stereocenters. The molecule has 0 atom stereocenters. The highest BCUT2D eigenvalue weighted by atomic mass is 16.5. The summed E-state index contributed by atoms with van der Waals surface area (Å²) in [6, 6.07) is 27.6. The van der Waals surface area contributed by atoms with Crippen LogP contribution in [0.3, 0.4) is 0 Å². The lowest BCUT2D eigenvalue weighted by atomic mass is 10.2. The number of nitriles is 1. The van der Waals surface area contributed by atoms with E-state index in [4.69, 9.17) is 19.2 Å². The smallest absolute Gasteiger partial charge is 0.207 e. The van der Waals surface area contributed by atoms with E-state index in [1.807, 2.05) is 66.7 Å². The van der Waals surface area contributed by atoms with Gasteiger partial charge in [0.25, 0.3) is 0 Å². The van der Waals surface area contributed by atoms with Gasteiger partial charge < -0.3 is 13.9 Å². The minimum absolute atomic E-state index is 0.0320. The lowest BCUT2D eigenvalue weighted by Gasteiger charge is -2.10. The van der Waals surface area contributed by atoms with Gasteiger partial charge in [-0.25, -0.2) is 4.98 Å². The monoisotopic (exact) mass is 434 g/mol. The normalized spacial score (nSPS) is 10.8. The van der Waals surface area contributed by atoms with Crippen molar-refractivity contribution in [3.8, 4) is 17.6 Å². The van der Waals surface area contributed by atoms with E-state index in [1.54, 1.807) is 18.2 Å². The van der Waals surface area contributed by atoms with Gasteiger partial charge in [0.2, 0.25) is 5.76 Å². The predicted octanol–water partition coefficient (Wildman–Crippen LogP) is 5.37. The first kappa shape index (κ1) is 20.3. The molecule has 160 valence electrons. The van der Waals surface area contributed by atoms with Crippen LogP contribution in [0.5, 0.6) is 11.5 Å². The van der Waals surface area contributed by atoms with Crippen LogP contribution < -0.4 is 14.9 Å². The summed E-state index contributed by atoms with van der Waals surface area (Å²) in [5.74, 6) is 1.22. The number of fused-ring (bicyclic) bond motifs is 2. The fraction of sp³-hybridized carbons (Fsp3) is 0.0741. The Labute approximate surface area is 189 Å². The molecule has 3 aromatic carbocycles. The summed E-state index contributed by atoms with van der Waals surface area (Å²) >= 11 is 0. The van der Waals surface area contributed by atoms with E-state index in [2.05, 4.69) is 4.98 Å². The van der Waals surface area contributed by atoms with Gasteiger partial charge >= 0.3 is 0 Å². The molecule has 0 bridgehead atoms. The van der Waals surface area contributed by atoms with Gasteiger partial charge in [0.1, 0.15) is 36.4 Å². The van der Waals surface area contributed by atoms with Gasteiger partial charge in [0.05, 0.1) is 16.6 Å². The van der Waals surface area contributed by atoms with Crippen LogP contribution in [-0.4, -0.2) is 4.98 Å². The molecule has 0 fully saturated rings. The first-order chi connectivity index (χ1) is 16.2. The number of para-hydroxylation sites is 1. The molecule has 0 aliphatic carbocycles. The number of hydrogen-bond acceptors (Lipinski definition) is 6. The second-order valence-corrected chi connectivity index (χ2v) is 7.46. The van der Waals surface area contributed by atoms with Crippen molar-refractivity contribution in [3.63, 3.8) is 0 Å². The second-order valence-electron chi connectivity index (χ2n) is 7.46. The molecular formula is C27H18N2O4. The Kier molecular flexibility index (Phi) is 5.44. The Hall–Kier alpha value is -4.63. The van der Waals surface area contributed by atoms with Crippen LogP contribution in [0.4, 0.5) is 0 Å². The van der Waals surface area contributed by atoms with Gasteiger partial charge in [-0.15, -0.1) is 0 Å². The maximum atomic E-state index is 12.0. The topological polar surface area (TPSA) is 85.4 Å². The molecule has 5 rings (SSSR count). The molecule has 5 aromatic rings. The van der Waals surface area contributed by atoms with Crippen molar-refractivity contribution in [3.05, 3.63) is 112 Å². The van der Waals surface area contributed by atoms with Gasteiger partial charge in [0.15, 0.2) is 5.43 Å². The minimum Gasteiger partial charge on any atom is -0.489 e. The van der Waals surface area contributed by atoms with Crippen molar-refractivity contribution in [1.29, 1.82) is 5.26 Å². The molecule has 0 amide bonds. The van der Waals surface area contributed by atoms with E-state index in [-0.39, 0.29) is 11.2 Å². The number of nitrogens with zero attached hydrogens (tertiary/aromatic N) is 2. The van der Waals surface area contributed by atoms with Crippen LogP contribution in [0.2, 0.25) is 0 Å². The van der Waals surface area contributed by atoms with Crippen molar-refractivity contribution >= 4 is 21.9 Å². The van der Waals surface area contributed by atoms with E-state index < -0.39 is 0 Å². The van der Waals surface area contributed by atoms with Crippen LogP contribution in [0.15, 0.2) is 94.1 Å². The van der Waals surface area contributed by atoms with Crippen LogP contribution >= 0.6 is 0 Å². The van der Waals surface area contributed by atoms with Crippen molar-refractivity contribution in [2.24, 2.45) is 0 Å². The van der Waals surface area contributed by atoms with E-state index >= 15 is 0 Å². The van der Waals surface area contributed by atoms with Crippen molar-refractivity contribution < 1.29 is 13.9 Å². The molecule has 6 heteroatoms. The highest BCUT2D eigenvalue weighted by Gasteiger charge is 2.07. The number of aromatic nitrogens is 1. The number of ether oxygens (including phenoxy) is 2. The molecule has 0 spiro atoms. The van der Waals surface area contributed by atoms with Crippen LogP contribution in [0, 0.1) is 11.3 Å². The molecule has 33 heavy (non-hydrogen) atoms. The standard InChI is InChI=1S/C27H18N2O4/c28-15-23-13-26(30)24-11-10-22(14-27(24)33-23)31-16-18-4-3-6-21(12-18)32-17-20-9-8-19-5-1-2-7-25(19)29-20/h1-14H,16-17H2. The first-order valence-electron chi connectivity index (χ1n) is 10.4. The van der Waals surface area contributed by atoms with E-state index in [0.29, 0.717) is 35.7 Å². The third-order valence-corrected chi connectivity index (χ3v) is 5.16. The van der Waals surface area contributed by atoms with Crippen LogP contribution in [0.1, 0.15) is 17.0 Å². The van der Waals surface area contributed by atoms with Crippen molar-refractivity contribution in [1.82, 2.24) is 4.98 Å². The third-order valence-electron chi connectivity index (χ3n) is 5.16. The maximum absolute atomic E-state index is 12.0. The van der Waals surface area contributed by atoms with E-state index in [9.17, 15) is 4.79 Å². The largest absolute Gasteiger partial charge is 0.489 e. The van der Waals surface area contributed by atoms with Crippen molar-refractivity contribution in [2.45, 2.75) is 13.2 Å². The number of rotatable bonds is 6. The SMILES string of the molecule is N#Cc1cc(=O)c2ccc(OCc3cccc(OCc4ccc5ccccc5n4)c3)cc2o1. The van der Waals surface area contributed by atoms with E-state index in [1.165, 1.54) is 6.07 Å². The van der Waals surface area contributed by atoms with Gasteiger partial charge in [0, 0.05) is 17.5 Å². The fourth-order valence-electron chi connectivity index (χ4n) is 3.52. The Morgan fingerprint density at radius 2 is 1.70 bits per heavy atom. The zero-order valence-electron chi connectivity index (χ0n) is 17.5. The zero-order valence-corrected chi connectivity index (χ0v) is 17.5. The summed E-state index contributed by atoms with van der Waals surface area (Å²) in [5, 5.41) is 10.5. The molecule has 0 aliphatic rings. The zero-order chi connectivity index (χ0) is 22.6. The minimum atomic E-state index is -0.259. The summed E-state index contributed by atoms with van der Waals surface area (Å²) in [6.45, 7) is 0.666. The Bertz CT molecular complexity index is 1570. The quantitative estimate of drug-likeness (QED) is 0.357. The van der Waals surface area contributed by atoms with Gasteiger partial charge in [-0.2, -0.15) is 5.26 Å². The Balaban J connectivity index is 1.26. The molecule has 0 N–H and O–H groups in total. The fourth-order valence-corrected chi connectivity index (χ4v) is 3.52. The van der Waals surface area contributed by atoms with Crippen LogP contribution in [-0.2, 0) is 13.2 Å². The van der Waals surface area contributed by atoms with Crippen LogP contribution in [0.25, 0.3) is 21.9 Å². The lowest BCUT2D eigenvalue weighted by Crippen LogP contribution is -2.02. The molecule has 2 heterocycles. The number of hydrogen-bond donors (Lipinski definition) is 0. The molecule has 0 radical (unpaired) electrons. The highest BCUT2D eigenvalue weighted by Crippen LogP contribution is 2.22. The molecule has 0 aliphatic heterocycles. The molecule has 0 saturated heterocycles. The Morgan fingerprint density at radius 1 is 0.848 bits per heavy atom. The van der Waals surface area contributed by atoms with Gasteiger partial charge in [-0.1, -0.05) is 36.4 Å². The summed E-state index contributed by atoms with van der Waals surface area (Å²) in [5.41, 5.74) is 2.77. The maximum Gasteiger partial charge on any atom is 0.207 e. The summed E-state index contributed by atoms with van der Waals surface area (Å²) in [6.07, 6.45) is 0. The van der Waals surface area contributed by atoms with Crippen molar-refractivity contribution in [2.75, 3.05) is 0 Å². The van der Waals surface area contributed by atoms with Gasteiger partial charge in [-0.05, 0) is 42.0 Å². The first-order valence-corrected chi connectivity index (χ1v) is 10.4. The second kappa shape index (κ2) is 8.85. The van der Waals surface area contributed by atoms with E-state index in [0.717, 1.165) is 22.2 Å². The molecular weight excluding hydrogens is 416 g/mol. The third kappa shape index (κ3) is 4.53. The summed E-state index contributed by atoms with van der Waals surface area (Å²) in [4.78, 5) is 16.7.